The topological polar surface area (TPSA) is 214 Å². The van der Waals surface area contributed by atoms with Crippen LogP contribution in [0.1, 0.15) is 31.4 Å². The summed E-state index contributed by atoms with van der Waals surface area (Å²) in [5, 5.41) is 14.3. The summed E-state index contributed by atoms with van der Waals surface area (Å²) in [5.74, 6) is -3.37. The molecule has 1 aliphatic rings. The lowest BCUT2D eigenvalue weighted by molar-refractivity contribution is -0.145. The largest absolute Gasteiger partial charge is 0.480 e. The zero-order chi connectivity index (χ0) is 25.3. The van der Waals surface area contributed by atoms with Crippen LogP contribution in [0.15, 0.2) is 12.5 Å². The van der Waals surface area contributed by atoms with Gasteiger partial charge >= 0.3 is 5.97 Å². The Bertz CT molecular complexity index is 881. The van der Waals surface area contributed by atoms with E-state index in [-0.39, 0.29) is 19.4 Å². The number of nitrogens with one attached hydrogen (secondary N) is 3. The van der Waals surface area contributed by atoms with E-state index in [9.17, 15) is 29.1 Å². The number of aromatic amines is 1. The second-order valence-electron chi connectivity index (χ2n) is 7.99. The first-order valence-electron chi connectivity index (χ1n) is 10.8. The SMILES string of the molecule is CSCCC(NC(=O)C1CCCN1C(=O)C(CC(N)=O)NC(=O)C(N)Cc1cnc[nH]1)C(=O)O. The first-order valence-corrected chi connectivity index (χ1v) is 12.2. The lowest BCUT2D eigenvalue weighted by atomic mass is 10.1. The highest BCUT2D eigenvalue weighted by Gasteiger charge is 2.39. The normalized spacial score (nSPS) is 18.1. The molecular weight excluding hydrogens is 466 g/mol. The monoisotopic (exact) mass is 497 g/mol. The summed E-state index contributed by atoms with van der Waals surface area (Å²) < 4.78 is 0. The Morgan fingerprint density at radius 2 is 2.03 bits per heavy atom. The van der Waals surface area contributed by atoms with Crippen LogP contribution in [0.4, 0.5) is 0 Å². The maximum atomic E-state index is 13.2. The van der Waals surface area contributed by atoms with Crippen LogP contribution >= 0.6 is 11.8 Å². The summed E-state index contributed by atoms with van der Waals surface area (Å²) in [6, 6.07) is -4.33. The number of H-pyrrole nitrogens is 1. The maximum Gasteiger partial charge on any atom is 0.326 e. The molecule has 4 amide bonds. The molecule has 4 unspecified atom stereocenters. The second kappa shape index (κ2) is 12.9. The van der Waals surface area contributed by atoms with Crippen LogP contribution in [-0.2, 0) is 30.4 Å². The fourth-order valence-electron chi connectivity index (χ4n) is 3.67. The van der Waals surface area contributed by atoms with E-state index >= 15 is 0 Å². The van der Waals surface area contributed by atoms with Gasteiger partial charge in [0.15, 0.2) is 0 Å². The standard InChI is InChI=1S/C20H31N7O6S/c1-34-6-4-13(20(32)33)25-18(30)15-3-2-5-27(15)19(31)14(8-16(22)28)26-17(29)12(21)7-11-9-23-10-24-11/h9-10,12-15H,2-8,21H2,1H3,(H2,22,28)(H,23,24)(H,25,30)(H,26,29)(H,32,33). The van der Waals surface area contributed by atoms with Crippen molar-refractivity contribution >= 4 is 41.4 Å². The zero-order valence-electron chi connectivity index (χ0n) is 18.9. The molecule has 0 aliphatic carbocycles. The van der Waals surface area contributed by atoms with E-state index in [2.05, 4.69) is 20.6 Å². The van der Waals surface area contributed by atoms with E-state index in [0.717, 1.165) is 0 Å². The van der Waals surface area contributed by atoms with Crippen molar-refractivity contribution in [1.82, 2.24) is 25.5 Å². The smallest absolute Gasteiger partial charge is 0.326 e. The number of primary amides is 1. The van der Waals surface area contributed by atoms with Gasteiger partial charge in [0, 0.05) is 24.9 Å². The molecule has 0 radical (unpaired) electrons. The van der Waals surface area contributed by atoms with Gasteiger partial charge in [-0.15, -0.1) is 0 Å². The van der Waals surface area contributed by atoms with Gasteiger partial charge in [-0.25, -0.2) is 9.78 Å². The molecule has 188 valence electrons. The van der Waals surface area contributed by atoms with Crippen LogP contribution in [0.3, 0.4) is 0 Å². The highest BCUT2D eigenvalue weighted by atomic mass is 32.2. The van der Waals surface area contributed by atoms with Gasteiger partial charge in [-0.1, -0.05) is 0 Å². The molecule has 2 heterocycles. The molecule has 8 N–H and O–H groups in total. The number of nitrogens with two attached hydrogens (primary N) is 2. The molecule has 2 rings (SSSR count). The minimum absolute atomic E-state index is 0.130. The van der Waals surface area contributed by atoms with Crippen LogP contribution in [0, 0.1) is 0 Å². The summed E-state index contributed by atoms with van der Waals surface area (Å²) in [5.41, 5.74) is 11.8. The molecule has 1 fully saturated rings. The number of imidazole rings is 1. The van der Waals surface area contributed by atoms with Crippen LogP contribution in [-0.4, -0.2) is 92.3 Å². The number of aliphatic carboxylic acids is 1. The quantitative estimate of drug-likeness (QED) is 0.177. The third-order valence-electron chi connectivity index (χ3n) is 5.42. The molecule has 1 aromatic rings. The van der Waals surface area contributed by atoms with Crippen LogP contribution in [0.25, 0.3) is 0 Å². The number of thioether (sulfide) groups is 1. The number of amides is 4. The highest BCUT2D eigenvalue weighted by molar-refractivity contribution is 7.98. The van der Waals surface area contributed by atoms with E-state index in [1.54, 1.807) is 0 Å². The number of carboxylic acid groups (broad SMARTS) is 1. The predicted octanol–water partition coefficient (Wildman–Crippen LogP) is -2.05. The van der Waals surface area contributed by atoms with Crippen molar-refractivity contribution in [2.24, 2.45) is 11.5 Å². The number of carbonyl (C=O) groups is 5. The Hall–Kier alpha value is -3.13. The molecule has 34 heavy (non-hydrogen) atoms. The molecule has 1 aromatic heterocycles. The van der Waals surface area contributed by atoms with Crippen molar-refractivity contribution in [3.05, 3.63) is 18.2 Å². The number of hydrogen-bond donors (Lipinski definition) is 6. The molecule has 14 heteroatoms. The first kappa shape index (κ1) is 27.1. The average Bonchev–Trinajstić information content (AvgIpc) is 3.47. The van der Waals surface area contributed by atoms with Crippen molar-refractivity contribution in [3.63, 3.8) is 0 Å². The molecule has 0 spiro atoms. The Morgan fingerprint density at radius 3 is 2.62 bits per heavy atom. The van der Waals surface area contributed by atoms with Crippen molar-refractivity contribution in [2.75, 3.05) is 18.6 Å². The molecule has 13 nitrogen and oxygen atoms in total. The Labute approximate surface area is 200 Å². The number of carbonyl (C=O) groups excluding carboxylic acids is 4. The number of likely N-dealkylation sites (tertiary alicyclic amines) is 1. The van der Waals surface area contributed by atoms with Crippen LogP contribution < -0.4 is 22.1 Å². The summed E-state index contributed by atoms with van der Waals surface area (Å²) in [6.45, 7) is 0.213. The van der Waals surface area contributed by atoms with Gasteiger partial charge in [-0.05, 0) is 31.3 Å². The van der Waals surface area contributed by atoms with Crippen LogP contribution in [0.2, 0.25) is 0 Å². The van der Waals surface area contributed by atoms with Gasteiger partial charge < -0.3 is 37.1 Å². The number of aromatic nitrogens is 2. The third kappa shape index (κ3) is 7.73. The van der Waals surface area contributed by atoms with Gasteiger partial charge in [0.25, 0.3) is 0 Å². The summed E-state index contributed by atoms with van der Waals surface area (Å²) >= 11 is 1.45. The number of rotatable bonds is 13. The van der Waals surface area contributed by atoms with Gasteiger partial charge in [0.05, 0.1) is 18.8 Å². The number of hydrogen-bond acceptors (Lipinski definition) is 8. The zero-order valence-corrected chi connectivity index (χ0v) is 19.7. The fourth-order valence-corrected chi connectivity index (χ4v) is 4.14. The molecule has 0 bridgehead atoms. The van der Waals surface area contributed by atoms with Gasteiger partial charge in [0.1, 0.15) is 18.1 Å². The minimum atomic E-state index is -1.31. The molecule has 1 aliphatic heterocycles. The van der Waals surface area contributed by atoms with Crippen molar-refractivity contribution in [2.45, 2.75) is 56.3 Å². The molecule has 0 aromatic carbocycles. The molecule has 4 atom stereocenters. The molecule has 1 saturated heterocycles. The molecular formula is C20H31N7O6S. The van der Waals surface area contributed by atoms with E-state index in [0.29, 0.717) is 24.3 Å². The first-order chi connectivity index (χ1) is 16.1. The van der Waals surface area contributed by atoms with Gasteiger partial charge in [-0.2, -0.15) is 11.8 Å². The second-order valence-corrected chi connectivity index (χ2v) is 8.98. The summed E-state index contributed by atoms with van der Waals surface area (Å²) in [6.07, 6.45) is 5.49. The van der Waals surface area contributed by atoms with Gasteiger partial charge in [-0.3, -0.25) is 19.2 Å². The van der Waals surface area contributed by atoms with Crippen LogP contribution in [0.5, 0.6) is 0 Å². The fraction of sp³-hybridized carbons (Fsp3) is 0.600. The van der Waals surface area contributed by atoms with Crippen molar-refractivity contribution in [1.29, 1.82) is 0 Å². The average molecular weight is 498 g/mol. The highest BCUT2D eigenvalue weighted by Crippen LogP contribution is 2.20. The Balaban J connectivity index is 2.08. The maximum absolute atomic E-state index is 13.2. The minimum Gasteiger partial charge on any atom is -0.480 e. The number of nitrogens with zero attached hydrogens (tertiary/aromatic N) is 2. The van der Waals surface area contributed by atoms with E-state index in [1.165, 1.54) is 29.2 Å². The third-order valence-corrected chi connectivity index (χ3v) is 6.06. The van der Waals surface area contributed by atoms with E-state index < -0.39 is 60.2 Å². The number of carboxylic acids is 1. The van der Waals surface area contributed by atoms with Gasteiger partial charge in [0.2, 0.25) is 23.6 Å². The lowest BCUT2D eigenvalue weighted by Gasteiger charge is -2.29. The summed E-state index contributed by atoms with van der Waals surface area (Å²) in [7, 11) is 0. The van der Waals surface area contributed by atoms with E-state index in [1.807, 2.05) is 6.26 Å². The Kier molecular flexibility index (Phi) is 10.3. The van der Waals surface area contributed by atoms with E-state index in [4.69, 9.17) is 11.5 Å². The Morgan fingerprint density at radius 1 is 1.29 bits per heavy atom. The predicted molar refractivity (Wildman–Crippen MR) is 123 cm³/mol. The molecule has 0 saturated carbocycles. The van der Waals surface area contributed by atoms with Crippen molar-refractivity contribution < 1.29 is 29.1 Å². The lowest BCUT2D eigenvalue weighted by Crippen LogP contribution is -2.57. The summed E-state index contributed by atoms with van der Waals surface area (Å²) in [4.78, 5) is 69.6. The van der Waals surface area contributed by atoms with Crippen molar-refractivity contribution in [3.8, 4) is 0 Å².